The van der Waals surface area contributed by atoms with Gasteiger partial charge in [-0.15, -0.1) is 0 Å². The van der Waals surface area contributed by atoms with Gasteiger partial charge in [0.15, 0.2) is 0 Å². The van der Waals surface area contributed by atoms with Crippen LogP contribution < -0.4 is 5.32 Å². The molecule has 5 nitrogen and oxygen atoms in total. The van der Waals surface area contributed by atoms with Crippen molar-refractivity contribution in [2.45, 2.75) is 25.0 Å². The summed E-state index contributed by atoms with van der Waals surface area (Å²) in [6.45, 7) is 3.30. The number of ether oxygens (including phenoxy) is 1. The Morgan fingerprint density at radius 1 is 1.27 bits per heavy atom. The van der Waals surface area contributed by atoms with E-state index in [9.17, 15) is 9.90 Å². The lowest BCUT2D eigenvalue weighted by Crippen LogP contribution is -2.54. The predicted octanol–water partition coefficient (Wildman–Crippen LogP) is 0.947. The van der Waals surface area contributed by atoms with E-state index in [1.54, 1.807) is 0 Å². The zero-order chi connectivity index (χ0) is 15.4. The van der Waals surface area contributed by atoms with Crippen molar-refractivity contribution in [1.29, 1.82) is 0 Å². The summed E-state index contributed by atoms with van der Waals surface area (Å²) in [6, 6.07) is 9.58. The maximum absolute atomic E-state index is 12.4. The molecule has 0 bridgehead atoms. The minimum Gasteiger partial charge on any atom is -0.388 e. The number of hydrogen-bond donors (Lipinski definition) is 2. The van der Waals surface area contributed by atoms with Crippen LogP contribution in [0.15, 0.2) is 30.3 Å². The zero-order valence-electron chi connectivity index (χ0n) is 12.8. The molecule has 3 rings (SSSR count). The molecule has 0 saturated carbocycles. The van der Waals surface area contributed by atoms with Gasteiger partial charge in [0.05, 0.1) is 19.3 Å². The first kappa shape index (κ1) is 15.5. The number of nitrogens with one attached hydrogen (secondary N) is 1. The van der Waals surface area contributed by atoms with Crippen molar-refractivity contribution in [2.75, 3.05) is 32.8 Å². The predicted molar refractivity (Wildman–Crippen MR) is 83.3 cm³/mol. The number of hydrogen-bond acceptors (Lipinski definition) is 4. The van der Waals surface area contributed by atoms with Crippen molar-refractivity contribution in [1.82, 2.24) is 10.2 Å². The van der Waals surface area contributed by atoms with Gasteiger partial charge in [-0.05, 0) is 24.3 Å². The average molecular weight is 304 g/mol. The molecule has 2 aliphatic rings. The van der Waals surface area contributed by atoms with E-state index in [1.807, 2.05) is 35.2 Å². The van der Waals surface area contributed by atoms with Gasteiger partial charge in [-0.2, -0.15) is 0 Å². The number of rotatable bonds is 3. The maximum Gasteiger partial charge on any atom is 0.242 e. The number of amides is 1. The summed E-state index contributed by atoms with van der Waals surface area (Å²) in [5.74, 6) is 0.356. The number of aliphatic hydroxyl groups is 1. The van der Waals surface area contributed by atoms with Gasteiger partial charge >= 0.3 is 0 Å². The number of nitrogens with zero attached hydrogens (tertiary/aromatic N) is 1. The third kappa shape index (κ3) is 3.48. The summed E-state index contributed by atoms with van der Waals surface area (Å²) < 4.78 is 5.36. The van der Waals surface area contributed by atoms with Crippen LogP contribution in [0, 0.1) is 5.92 Å². The molecule has 0 spiro atoms. The molecule has 1 aromatic carbocycles. The van der Waals surface area contributed by atoms with E-state index in [-0.39, 0.29) is 17.9 Å². The fraction of sp³-hybridized carbons (Fsp3) is 0.588. The molecule has 2 unspecified atom stereocenters. The highest BCUT2D eigenvalue weighted by molar-refractivity contribution is 5.82. The SMILES string of the molecule is O=C(C1COCCN1)N1CCC(C(O)c2ccccc2)CC1. The monoisotopic (exact) mass is 304 g/mol. The summed E-state index contributed by atoms with van der Waals surface area (Å²) in [6.07, 6.45) is 1.25. The minimum atomic E-state index is -0.436. The Hall–Kier alpha value is -1.43. The van der Waals surface area contributed by atoms with E-state index in [2.05, 4.69) is 5.32 Å². The molecular weight excluding hydrogens is 280 g/mol. The second kappa shape index (κ2) is 7.22. The molecule has 2 heterocycles. The van der Waals surface area contributed by atoms with E-state index in [0.29, 0.717) is 26.3 Å². The first-order valence-corrected chi connectivity index (χ1v) is 8.08. The molecule has 2 N–H and O–H groups in total. The molecule has 2 aliphatic heterocycles. The van der Waals surface area contributed by atoms with Crippen molar-refractivity contribution in [3.8, 4) is 0 Å². The Bertz CT molecular complexity index is 480. The number of likely N-dealkylation sites (tertiary alicyclic amines) is 1. The quantitative estimate of drug-likeness (QED) is 0.873. The third-order valence-electron chi connectivity index (χ3n) is 4.66. The largest absolute Gasteiger partial charge is 0.388 e. The summed E-state index contributed by atoms with van der Waals surface area (Å²) in [5, 5.41) is 13.7. The van der Waals surface area contributed by atoms with Gasteiger partial charge in [0, 0.05) is 19.6 Å². The maximum atomic E-state index is 12.4. The van der Waals surface area contributed by atoms with E-state index in [1.165, 1.54) is 0 Å². The second-order valence-corrected chi connectivity index (χ2v) is 6.10. The molecule has 0 aromatic heterocycles. The van der Waals surface area contributed by atoms with Gasteiger partial charge < -0.3 is 20.1 Å². The second-order valence-electron chi connectivity index (χ2n) is 6.10. The van der Waals surface area contributed by atoms with Crippen molar-refractivity contribution in [3.63, 3.8) is 0 Å². The number of carbonyl (C=O) groups is 1. The Morgan fingerprint density at radius 3 is 2.64 bits per heavy atom. The van der Waals surface area contributed by atoms with Crippen LogP contribution >= 0.6 is 0 Å². The Labute approximate surface area is 131 Å². The van der Waals surface area contributed by atoms with Crippen LogP contribution in [0.5, 0.6) is 0 Å². The molecule has 120 valence electrons. The zero-order valence-corrected chi connectivity index (χ0v) is 12.8. The lowest BCUT2D eigenvalue weighted by atomic mass is 9.87. The molecule has 22 heavy (non-hydrogen) atoms. The van der Waals surface area contributed by atoms with Crippen molar-refractivity contribution in [2.24, 2.45) is 5.92 Å². The lowest BCUT2D eigenvalue weighted by molar-refractivity contribution is -0.138. The summed E-state index contributed by atoms with van der Waals surface area (Å²) >= 11 is 0. The molecule has 0 radical (unpaired) electrons. The number of aliphatic hydroxyl groups excluding tert-OH is 1. The molecule has 0 aliphatic carbocycles. The normalized spacial score (nSPS) is 25.0. The molecule has 2 fully saturated rings. The molecule has 1 aromatic rings. The number of carbonyl (C=O) groups excluding carboxylic acids is 1. The van der Waals surface area contributed by atoms with E-state index >= 15 is 0 Å². The number of piperidine rings is 1. The van der Waals surface area contributed by atoms with Gasteiger partial charge in [0.1, 0.15) is 6.04 Å². The fourth-order valence-corrected chi connectivity index (χ4v) is 3.30. The summed E-state index contributed by atoms with van der Waals surface area (Å²) in [4.78, 5) is 14.3. The van der Waals surface area contributed by atoms with Crippen LogP contribution in [0.4, 0.5) is 0 Å². The van der Waals surface area contributed by atoms with Crippen LogP contribution in [-0.4, -0.2) is 54.8 Å². The van der Waals surface area contributed by atoms with Crippen molar-refractivity contribution in [3.05, 3.63) is 35.9 Å². The molecule has 2 saturated heterocycles. The van der Waals surface area contributed by atoms with Crippen LogP contribution in [0.1, 0.15) is 24.5 Å². The van der Waals surface area contributed by atoms with Gasteiger partial charge in [0.2, 0.25) is 5.91 Å². The molecule has 1 amide bonds. The topological polar surface area (TPSA) is 61.8 Å². The standard InChI is InChI=1S/C17H24N2O3/c20-16(13-4-2-1-3-5-13)14-6-9-19(10-7-14)17(21)15-12-22-11-8-18-15/h1-5,14-16,18,20H,6-12H2. The van der Waals surface area contributed by atoms with Crippen molar-refractivity contribution < 1.29 is 14.6 Å². The summed E-state index contributed by atoms with van der Waals surface area (Å²) in [7, 11) is 0. The molecule has 5 heteroatoms. The highest BCUT2D eigenvalue weighted by Crippen LogP contribution is 2.30. The first-order chi connectivity index (χ1) is 10.8. The molecule has 2 atom stereocenters. The highest BCUT2D eigenvalue weighted by atomic mass is 16.5. The Kier molecular flexibility index (Phi) is 5.08. The highest BCUT2D eigenvalue weighted by Gasteiger charge is 2.31. The Balaban J connectivity index is 1.52. The van der Waals surface area contributed by atoms with Gasteiger partial charge in [-0.25, -0.2) is 0 Å². The Morgan fingerprint density at radius 2 is 2.00 bits per heavy atom. The number of benzene rings is 1. The van der Waals surface area contributed by atoms with Gasteiger partial charge in [-0.1, -0.05) is 30.3 Å². The van der Waals surface area contributed by atoms with Crippen LogP contribution in [0.3, 0.4) is 0 Å². The van der Waals surface area contributed by atoms with E-state index in [0.717, 1.165) is 24.9 Å². The van der Waals surface area contributed by atoms with Gasteiger partial charge in [-0.3, -0.25) is 4.79 Å². The van der Waals surface area contributed by atoms with Gasteiger partial charge in [0.25, 0.3) is 0 Å². The van der Waals surface area contributed by atoms with Crippen LogP contribution in [0.25, 0.3) is 0 Å². The fourth-order valence-electron chi connectivity index (χ4n) is 3.30. The average Bonchev–Trinajstić information content (AvgIpc) is 2.62. The number of morpholine rings is 1. The van der Waals surface area contributed by atoms with Crippen LogP contribution in [-0.2, 0) is 9.53 Å². The van der Waals surface area contributed by atoms with Crippen LogP contribution in [0.2, 0.25) is 0 Å². The third-order valence-corrected chi connectivity index (χ3v) is 4.66. The molecular formula is C17H24N2O3. The summed E-state index contributed by atoms with van der Waals surface area (Å²) in [5.41, 5.74) is 0.967. The minimum absolute atomic E-state index is 0.132. The van der Waals surface area contributed by atoms with E-state index < -0.39 is 6.10 Å². The smallest absolute Gasteiger partial charge is 0.242 e. The van der Waals surface area contributed by atoms with Crippen molar-refractivity contribution >= 4 is 5.91 Å². The lowest BCUT2D eigenvalue weighted by Gasteiger charge is -2.37. The first-order valence-electron chi connectivity index (χ1n) is 8.08. The van der Waals surface area contributed by atoms with E-state index in [4.69, 9.17) is 4.74 Å².